The number of nitrogen functional groups attached to an aromatic ring is 1. The van der Waals surface area contributed by atoms with E-state index in [2.05, 4.69) is 0 Å². The van der Waals surface area contributed by atoms with Gasteiger partial charge in [-0.15, -0.1) is 0 Å². The molecule has 110 valence electrons. The van der Waals surface area contributed by atoms with E-state index in [0.717, 1.165) is 6.07 Å². The fourth-order valence-corrected chi connectivity index (χ4v) is 2.00. The quantitative estimate of drug-likeness (QED) is 0.883. The minimum Gasteiger partial charge on any atom is -0.398 e. The molecule has 0 aliphatic heterocycles. The highest BCUT2D eigenvalue weighted by atomic mass is 19.1. The van der Waals surface area contributed by atoms with Gasteiger partial charge in [0.05, 0.1) is 0 Å². The summed E-state index contributed by atoms with van der Waals surface area (Å²) in [6.07, 6.45) is 0. The van der Waals surface area contributed by atoms with Gasteiger partial charge in [0.15, 0.2) is 0 Å². The van der Waals surface area contributed by atoms with E-state index in [0.29, 0.717) is 11.1 Å². The first kappa shape index (κ1) is 15.0. The number of nitrogens with zero attached hydrogens (tertiary/aromatic N) is 1. The molecule has 0 heterocycles. The molecule has 0 saturated heterocycles. The normalized spacial score (nSPS) is 10.5. The lowest BCUT2D eigenvalue weighted by Crippen LogP contribution is -2.27. The second-order valence-electron chi connectivity index (χ2n) is 4.92. The van der Waals surface area contributed by atoms with Crippen LogP contribution < -0.4 is 5.73 Å². The van der Waals surface area contributed by atoms with Crippen LogP contribution in [0.2, 0.25) is 0 Å². The molecule has 0 fully saturated rings. The SMILES string of the molecule is Cc1c(N)cc(C(=O)N(C)Cc2ccccc2F)cc1F. The average Bonchev–Trinajstić information content (AvgIpc) is 2.45. The number of amides is 1. The maximum Gasteiger partial charge on any atom is 0.254 e. The predicted octanol–water partition coefficient (Wildman–Crippen LogP) is 3.13. The zero-order chi connectivity index (χ0) is 15.6. The first-order valence-corrected chi connectivity index (χ1v) is 6.44. The standard InChI is InChI=1S/C16H16F2N2O/c1-10-14(18)7-12(8-15(10)19)16(21)20(2)9-11-5-3-4-6-13(11)17/h3-8H,9,19H2,1-2H3. The Balaban J connectivity index is 2.22. The molecule has 2 aromatic carbocycles. The first-order chi connectivity index (χ1) is 9.90. The molecule has 0 saturated carbocycles. The van der Waals surface area contributed by atoms with E-state index in [1.54, 1.807) is 25.1 Å². The van der Waals surface area contributed by atoms with Crippen molar-refractivity contribution in [3.63, 3.8) is 0 Å². The second-order valence-corrected chi connectivity index (χ2v) is 4.92. The molecule has 1 amide bonds. The second kappa shape index (κ2) is 5.91. The van der Waals surface area contributed by atoms with Gasteiger partial charge in [0.2, 0.25) is 0 Å². The molecule has 21 heavy (non-hydrogen) atoms. The van der Waals surface area contributed by atoms with E-state index in [-0.39, 0.29) is 23.6 Å². The van der Waals surface area contributed by atoms with Gasteiger partial charge in [0, 0.05) is 36.0 Å². The Bertz CT molecular complexity index is 663. The third-order valence-electron chi connectivity index (χ3n) is 3.34. The molecule has 2 N–H and O–H groups in total. The molecule has 2 rings (SSSR count). The Labute approximate surface area is 122 Å². The molecular weight excluding hydrogens is 274 g/mol. The highest BCUT2D eigenvalue weighted by Gasteiger charge is 2.16. The van der Waals surface area contributed by atoms with Gasteiger partial charge in [-0.3, -0.25) is 4.79 Å². The lowest BCUT2D eigenvalue weighted by Gasteiger charge is -2.18. The molecular formula is C16H16F2N2O. The number of nitrogens with two attached hydrogens (primary N) is 1. The molecule has 0 aliphatic carbocycles. The van der Waals surface area contributed by atoms with Crippen LogP contribution in [0.15, 0.2) is 36.4 Å². The molecule has 0 aromatic heterocycles. The molecule has 0 radical (unpaired) electrons. The Morgan fingerprint density at radius 2 is 1.86 bits per heavy atom. The van der Waals surface area contributed by atoms with Crippen LogP contribution in [0.3, 0.4) is 0 Å². The third kappa shape index (κ3) is 3.18. The minimum atomic E-state index is -0.530. The van der Waals surface area contributed by atoms with Crippen molar-refractivity contribution in [1.29, 1.82) is 0 Å². The van der Waals surface area contributed by atoms with Gasteiger partial charge >= 0.3 is 0 Å². The van der Waals surface area contributed by atoms with Crippen molar-refractivity contribution in [1.82, 2.24) is 4.90 Å². The van der Waals surface area contributed by atoms with Crippen molar-refractivity contribution in [2.24, 2.45) is 0 Å². The number of carbonyl (C=O) groups is 1. The van der Waals surface area contributed by atoms with Crippen molar-refractivity contribution < 1.29 is 13.6 Å². The van der Waals surface area contributed by atoms with Crippen molar-refractivity contribution >= 4 is 11.6 Å². The number of anilines is 1. The van der Waals surface area contributed by atoms with E-state index < -0.39 is 11.7 Å². The van der Waals surface area contributed by atoms with Crippen molar-refractivity contribution in [2.75, 3.05) is 12.8 Å². The van der Waals surface area contributed by atoms with Crippen LogP contribution >= 0.6 is 0 Å². The van der Waals surface area contributed by atoms with E-state index in [1.807, 2.05) is 0 Å². The Kier molecular flexibility index (Phi) is 4.21. The summed E-state index contributed by atoms with van der Waals surface area (Å²) in [6, 6.07) is 8.78. The number of rotatable bonds is 3. The molecule has 0 unspecified atom stereocenters. The smallest absolute Gasteiger partial charge is 0.254 e. The summed E-state index contributed by atoms with van der Waals surface area (Å²) < 4.78 is 27.2. The van der Waals surface area contributed by atoms with E-state index in [9.17, 15) is 13.6 Å². The summed E-state index contributed by atoms with van der Waals surface area (Å²) in [5.41, 5.74) is 6.74. The molecule has 2 aromatic rings. The van der Waals surface area contributed by atoms with Crippen LogP contribution in [0.25, 0.3) is 0 Å². The Morgan fingerprint density at radius 3 is 2.48 bits per heavy atom. The molecule has 0 atom stereocenters. The lowest BCUT2D eigenvalue weighted by atomic mass is 10.1. The monoisotopic (exact) mass is 290 g/mol. The molecule has 0 aliphatic rings. The molecule has 0 bridgehead atoms. The summed E-state index contributed by atoms with van der Waals surface area (Å²) in [5.74, 6) is -1.33. The maximum atomic E-state index is 13.6. The van der Waals surface area contributed by atoms with Crippen LogP contribution in [0.4, 0.5) is 14.5 Å². The van der Waals surface area contributed by atoms with Gasteiger partial charge in [-0.1, -0.05) is 18.2 Å². The van der Waals surface area contributed by atoms with E-state index >= 15 is 0 Å². The van der Waals surface area contributed by atoms with E-state index in [1.165, 1.54) is 24.1 Å². The van der Waals surface area contributed by atoms with Crippen LogP contribution in [-0.4, -0.2) is 17.9 Å². The van der Waals surface area contributed by atoms with Gasteiger partial charge < -0.3 is 10.6 Å². The van der Waals surface area contributed by atoms with Crippen molar-refractivity contribution in [2.45, 2.75) is 13.5 Å². The highest BCUT2D eigenvalue weighted by Crippen LogP contribution is 2.19. The van der Waals surface area contributed by atoms with Gasteiger partial charge in [-0.2, -0.15) is 0 Å². The summed E-state index contributed by atoms with van der Waals surface area (Å²) in [5, 5.41) is 0. The van der Waals surface area contributed by atoms with Crippen LogP contribution in [0, 0.1) is 18.6 Å². The third-order valence-corrected chi connectivity index (χ3v) is 3.34. The van der Waals surface area contributed by atoms with E-state index in [4.69, 9.17) is 5.73 Å². The fourth-order valence-electron chi connectivity index (χ4n) is 2.00. The summed E-state index contributed by atoms with van der Waals surface area (Å²) in [7, 11) is 1.53. The first-order valence-electron chi connectivity index (χ1n) is 6.44. The topological polar surface area (TPSA) is 46.3 Å². The van der Waals surface area contributed by atoms with Crippen LogP contribution in [-0.2, 0) is 6.54 Å². The molecule has 0 spiro atoms. The van der Waals surface area contributed by atoms with Crippen molar-refractivity contribution in [3.8, 4) is 0 Å². The minimum absolute atomic E-state index is 0.0981. The largest absolute Gasteiger partial charge is 0.398 e. The molecule has 3 nitrogen and oxygen atoms in total. The number of hydrogen-bond acceptors (Lipinski definition) is 2. The van der Waals surface area contributed by atoms with Gasteiger partial charge in [-0.05, 0) is 25.1 Å². The zero-order valence-electron chi connectivity index (χ0n) is 11.9. The lowest BCUT2D eigenvalue weighted by molar-refractivity contribution is 0.0783. The Hall–Kier alpha value is -2.43. The summed E-state index contributed by atoms with van der Waals surface area (Å²) >= 11 is 0. The number of carbonyl (C=O) groups excluding carboxylic acids is 1. The average molecular weight is 290 g/mol. The zero-order valence-corrected chi connectivity index (χ0v) is 11.9. The number of halogens is 2. The summed E-state index contributed by atoms with van der Waals surface area (Å²) in [4.78, 5) is 13.6. The fraction of sp³-hybridized carbons (Fsp3) is 0.188. The van der Waals surface area contributed by atoms with Crippen LogP contribution in [0.5, 0.6) is 0 Å². The van der Waals surface area contributed by atoms with Gasteiger partial charge in [0.1, 0.15) is 11.6 Å². The number of benzene rings is 2. The van der Waals surface area contributed by atoms with Crippen LogP contribution in [0.1, 0.15) is 21.5 Å². The predicted molar refractivity (Wildman–Crippen MR) is 77.7 cm³/mol. The van der Waals surface area contributed by atoms with Gasteiger partial charge in [-0.25, -0.2) is 8.78 Å². The maximum absolute atomic E-state index is 13.6. The summed E-state index contributed by atoms with van der Waals surface area (Å²) in [6.45, 7) is 1.64. The number of hydrogen-bond donors (Lipinski definition) is 1. The molecule has 5 heteroatoms. The van der Waals surface area contributed by atoms with Gasteiger partial charge in [0.25, 0.3) is 5.91 Å². The highest BCUT2D eigenvalue weighted by molar-refractivity contribution is 5.95. The Morgan fingerprint density at radius 1 is 1.19 bits per heavy atom. The van der Waals surface area contributed by atoms with Crippen molar-refractivity contribution in [3.05, 3.63) is 64.7 Å².